The zero-order chi connectivity index (χ0) is 25.2. The predicted molar refractivity (Wildman–Crippen MR) is 133 cm³/mol. The van der Waals surface area contributed by atoms with Crippen molar-refractivity contribution in [3.63, 3.8) is 0 Å². The van der Waals surface area contributed by atoms with Crippen molar-refractivity contribution < 1.29 is 22.6 Å². The Kier molecular flexibility index (Phi) is 7.34. The van der Waals surface area contributed by atoms with Crippen molar-refractivity contribution in [3.8, 4) is 22.9 Å². The molecule has 1 aliphatic rings. The maximum absolute atomic E-state index is 13.6. The number of ether oxygens (including phenoxy) is 3. The minimum atomic E-state index is -3.68. The van der Waals surface area contributed by atoms with E-state index in [4.69, 9.17) is 14.2 Å². The van der Waals surface area contributed by atoms with Gasteiger partial charge in [-0.25, -0.2) is 13.1 Å². The maximum Gasteiger partial charge on any atom is 0.246 e. The second-order valence-corrected chi connectivity index (χ2v) is 10.3. The first-order valence-corrected chi connectivity index (χ1v) is 12.9. The van der Waals surface area contributed by atoms with E-state index in [1.165, 1.54) is 0 Å². The Morgan fingerprint density at radius 1 is 0.857 bits per heavy atom. The monoisotopic (exact) mass is 500 g/mol. The maximum atomic E-state index is 13.6. The van der Waals surface area contributed by atoms with Gasteiger partial charge in [-0.2, -0.15) is 9.40 Å². The minimum Gasteiger partial charge on any atom is -0.493 e. The smallest absolute Gasteiger partial charge is 0.246 e. The van der Waals surface area contributed by atoms with E-state index in [1.54, 1.807) is 44.2 Å². The molecule has 35 heavy (non-hydrogen) atoms. The summed E-state index contributed by atoms with van der Waals surface area (Å²) < 4.78 is 46.9. The molecule has 1 saturated heterocycles. The van der Waals surface area contributed by atoms with Gasteiger partial charge in [0.05, 0.1) is 38.4 Å². The zero-order valence-corrected chi connectivity index (χ0v) is 21.6. The lowest BCUT2D eigenvalue weighted by atomic mass is 10.1. The zero-order valence-electron chi connectivity index (χ0n) is 20.8. The molecule has 188 valence electrons. The predicted octanol–water partition coefficient (Wildman–Crippen LogP) is 3.02. The fourth-order valence-corrected chi connectivity index (χ4v) is 6.38. The van der Waals surface area contributed by atoms with Crippen LogP contribution in [-0.4, -0.2) is 74.9 Å². The minimum absolute atomic E-state index is 0.288. The van der Waals surface area contributed by atoms with E-state index in [0.717, 1.165) is 11.3 Å². The molecule has 0 N–H and O–H groups in total. The van der Waals surface area contributed by atoms with Crippen LogP contribution in [0.5, 0.6) is 17.2 Å². The van der Waals surface area contributed by atoms with Crippen LogP contribution in [0.25, 0.3) is 5.69 Å². The van der Waals surface area contributed by atoms with Crippen LogP contribution in [0, 0.1) is 13.8 Å². The number of hydrogen-bond acceptors (Lipinski definition) is 7. The standard InChI is InChI=1S/C25H32N4O5S/c1-18-25(19(2)29(26-18)21-9-7-6-8-10-21)35(30,31)28-15-13-27(14-16-28)17-20-11-12-22(32-3)24(34-5)23(20)33-4/h6-12H,13-17H2,1-5H3. The highest BCUT2D eigenvalue weighted by atomic mass is 32.2. The molecule has 0 bridgehead atoms. The Morgan fingerprint density at radius 3 is 2.11 bits per heavy atom. The van der Waals surface area contributed by atoms with Crippen LogP contribution in [0.3, 0.4) is 0 Å². The summed E-state index contributed by atoms with van der Waals surface area (Å²) in [6.07, 6.45) is 0. The topological polar surface area (TPSA) is 86.1 Å². The number of methoxy groups -OCH3 is 3. The highest BCUT2D eigenvalue weighted by Gasteiger charge is 2.33. The number of hydrogen-bond donors (Lipinski definition) is 0. The van der Waals surface area contributed by atoms with Gasteiger partial charge in [0.1, 0.15) is 4.90 Å². The SMILES string of the molecule is COc1ccc(CN2CCN(S(=O)(=O)c3c(C)nn(-c4ccccc4)c3C)CC2)c(OC)c1OC. The lowest BCUT2D eigenvalue weighted by molar-refractivity contribution is 0.179. The third-order valence-electron chi connectivity index (χ3n) is 6.33. The van der Waals surface area contributed by atoms with Gasteiger partial charge in [0.2, 0.25) is 15.8 Å². The number of rotatable bonds is 8. The summed E-state index contributed by atoms with van der Waals surface area (Å²) in [6.45, 7) is 6.16. The molecule has 0 aliphatic carbocycles. The summed E-state index contributed by atoms with van der Waals surface area (Å²) in [4.78, 5) is 2.50. The Balaban J connectivity index is 1.50. The van der Waals surface area contributed by atoms with Gasteiger partial charge in [-0.15, -0.1) is 0 Å². The number of aryl methyl sites for hydroxylation is 1. The first kappa shape index (κ1) is 25.0. The number of benzene rings is 2. The second-order valence-electron chi connectivity index (χ2n) is 8.42. The van der Waals surface area contributed by atoms with E-state index in [0.29, 0.717) is 61.4 Å². The summed E-state index contributed by atoms with van der Waals surface area (Å²) in [6, 6.07) is 13.4. The lowest BCUT2D eigenvalue weighted by Crippen LogP contribution is -2.48. The molecular weight excluding hydrogens is 468 g/mol. The van der Waals surface area contributed by atoms with Crippen molar-refractivity contribution in [1.29, 1.82) is 0 Å². The van der Waals surface area contributed by atoms with Crippen molar-refractivity contribution in [3.05, 3.63) is 59.4 Å². The summed E-state index contributed by atoms with van der Waals surface area (Å²) in [5, 5.41) is 4.53. The molecule has 0 amide bonds. The van der Waals surface area contributed by atoms with E-state index in [2.05, 4.69) is 10.00 Å². The number of sulfonamides is 1. The van der Waals surface area contributed by atoms with Gasteiger partial charge in [0, 0.05) is 38.3 Å². The van der Waals surface area contributed by atoms with Gasteiger partial charge >= 0.3 is 0 Å². The molecule has 0 radical (unpaired) electrons. The van der Waals surface area contributed by atoms with E-state index < -0.39 is 10.0 Å². The molecule has 0 unspecified atom stereocenters. The summed E-state index contributed by atoms with van der Waals surface area (Å²) in [5.41, 5.74) is 2.91. The van der Waals surface area contributed by atoms with Gasteiger partial charge in [-0.3, -0.25) is 4.90 Å². The number of nitrogens with zero attached hydrogens (tertiary/aromatic N) is 4. The molecule has 9 nitrogen and oxygen atoms in total. The number of para-hydroxylation sites is 1. The van der Waals surface area contributed by atoms with E-state index in [9.17, 15) is 8.42 Å². The fraction of sp³-hybridized carbons (Fsp3) is 0.400. The molecule has 0 spiro atoms. The highest BCUT2D eigenvalue weighted by molar-refractivity contribution is 7.89. The Morgan fingerprint density at radius 2 is 1.51 bits per heavy atom. The van der Waals surface area contributed by atoms with Gasteiger partial charge in [0.15, 0.2) is 11.5 Å². The normalized spacial score (nSPS) is 15.2. The fourth-order valence-electron chi connectivity index (χ4n) is 4.61. The van der Waals surface area contributed by atoms with E-state index in [-0.39, 0.29) is 4.90 Å². The number of piperazine rings is 1. The largest absolute Gasteiger partial charge is 0.493 e. The van der Waals surface area contributed by atoms with Gasteiger partial charge in [0.25, 0.3) is 0 Å². The third-order valence-corrected chi connectivity index (χ3v) is 8.49. The second kappa shape index (κ2) is 10.3. The van der Waals surface area contributed by atoms with Crippen LogP contribution in [0.4, 0.5) is 0 Å². The molecule has 0 saturated carbocycles. The molecule has 2 heterocycles. The van der Waals surface area contributed by atoms with Crippen LogP contribution >= 0.6 is 0 Å². The van der Waals surface area contributed by atoms with Crippen molar-refractivity contribution in [2.24, 2.45) is 0 Å². The van der Waals surface area contributed by atoms with Crippen molar-refractivity contribution in [2.75, 3.05) is 47.5 Å². The van der Waals surface area contributed by atoms with Crippen LogP contribution in [0.15, 0.2) is 47.4 Å². The lowest BCUT2D eigenvalue weighted by Gasteiger charge is -2.34. The number of aromatic nitrogens is 2. The third kappa shape index (κ3) is 4.73. The van der Waals surface area contributed by atoms with Crippen molar-refractivity contribution >= 4 is 10.0 Å². The first-order chi connectivity index (χ1) is 16.8. The van der Waals surface area contributed by atoms with Gasteiger partial charge in [-0.1, -0.05) is 24.3 Å². The van der Waals surface area contributed by atoms with E-state index in [1.807, 2.05) is 42.5 Å². The Labute approximate surface area is 206 Å². The summed E-state index contributed by atoms with van der Waals surface area (Å²) in [5.74, 6) is 1.78. The van der Waals surface area contributed by atoms with Crippen molar-refractivity contribution in [2.45, 2.75) is 25.3 Å². The average molecular weight is 501 g/mol. The highest BCUT2D eigenvalue weighted by Crippen LogP contribution is 2.40. The molecule has 2 aromatic carbocycles. The van der Waals surface area contributed by atoms with Crippen molar-refractivity contribution in [1.82, 2.24) is 19.0 Å². The van der Waals surface area contributed by atoms with Crippen LogP contribution in [-0.2, 0) is 16.6 Å². The molecular formula is C25H32N4O5S. The van der Waals surface area contributed by atoms with Gasteiger partial charge < -0.3 is 14.2 Å². The average Bonchev–Trinajstić information content (AvgIpc) is 3.18. The molecule has 3 aromatic rings. The molecule has 0 atom stereocenters. The molecule has 10 heteroatoms. The van der Waals surface area contributed by atoms with Crippen LogP contribution in [0.1, 0.15) is 17.0 Å². The molecule has 1 aromatic heterocycles. The molecule has 1 fully saturated rings. The molecule has 1 aliphatic heterocycles. The van der Waals surface area contributed by atoms with E-state index >= 15 is 0 Å². The van der Waals surface area contributed by atoms with Crippen LogP contribution < -0.4 is 14.2 Å². The summed E-state index contributed by atoms with van der Waals surface area (Å²) >= 11 is 0. The first-order valence-electron chi connectivity index (χ1n) is 11.4. The Bertz CT molecular complexity index is 1280. The summed E-state index contributed by atoms with van der Waals surface area (Å²) in [7, 11) is 1.09. The molecule has 4 rings (SSSR count). The quantitative estimate of drug-likeness (QED) is 0.470. The van der Waals surface area contributed by atoms with Gasteiger partial charge in [-0.05, 0) is 32.0 Å². The Hall–Kier alpha value is -3.08. The van der Waals surface area contributed by atoms with Crippen LogP contribution in [0.2, 0.25) is 0 Å².